The molecule has 0 aromatic heterocycles. The lowest BCUT2D eigenvalue weighted by Gasteiger charge is -2.04. The fourth-order valence-corrected chi connectivity index (χ4v) is 2.86. The van der Waals surface area contributed by atoms with Gasteiger partial charge < -0.3 is 4.74 Å². The van der Waals surface area contributed by atoms with Crippen LogP contribution in [0.2, 0.25) is 0 Å². The summed E-state index contributed by atoms with van der Waals surface area (Å²) >= 11 is 0. The Kier molecular flexibility index (Phi) is 5.87. The Morgan fingerprint density at radius 2 is 1.68 bits per heavy atom. The first-order chi connectivity index (χ1) is 10.7. The zero-order valence-electron chi connectivity index (χ0n) is 13.0. The standard InChI is InChI=1S/C18H22O4/c1-2-3-4-5-6-7-8-13-9-10-14-15(11-13)17(21)18(16(14)20)22-12-19/h9-12,18H,2-8H2,1H3. The molecule has 1 aliphatic rings. The van der Waals surface area contributed by atoms with Crippen molar-refractivity contribution in [3.05, 3.63) is 34.9 Å². The molecule has 2 rings (SSSR count). The van der Waals surface area contributed by atoms with Gasteiger partial charge in [-0.2, -0.15) is 0 Å². The number of aryl methyl sites for hydroxylation is 1. The first-order valence-corrected chi connectivity index (χ1v) is 7.99. The van der Waals surface area contributed by atoms with Crippen molar-refractivity contribution in [2.45, 2.75) is 58.0 Å². The topological polar surface area (TPSA) is 60.4 Å². The van der Waals surface area contributed by atoms with E-state index in [9.17, 15) is 14.4 Å². The van der Waals surface area contributed by atoms with Crippen molar-refractivity contribution >= 4 is 18.0 Å². The van der Waals surface area contributed by atoms with E-state index in [1.807, 2.05) is 6.07 Å². The highest BCUT2D eigenvalue weighted by molar-refractivity contribution is 6.29. The molecule has 4 heteroatoms. The summed E-state index contributed by atoms with van der Waals surface area (Å²) in [6, 6.07) is 5.34. The van der Waals surface area contributed by atoms with Crippen LogP contribution in [0.15, 0.2) is 18.2 Å². The lowest BCUT2D eigenvalue weighted by molar-refractivity contribution is -0.130. The second kappa shape index (κ2) is 7.87. The van der Waals surface area contributed by atoms with Gasteiger partial charge in [-0.15, -0.1) is 0 Å². The third-order valence-corrected chi connectivity index (χ3v) is 4.10. The molecule has 0 heterocycles. The molecule has 0 N–H and O–H groups in total. The fourth-order valence-electron chi connectivity index (χ4n) is 2.86. The average molecular weight is 302 g/mol. The fraction of sp³-hybridized carbons (Fsp3) is 0.500. The van der Waals surface area contributed by atoms with Gasteiger partial charge in [0.1, 0.15) is 0 Å². The average Bonchev–Trinajstić information content (AvgIpc) is 2.76. The van der Waals surface area contributed by atoms with Gasteiger partial charge in [0, 0.05) is 11.1 Å². The smallest absolute Gasteiger partial charge is 0.294 e. The molecule has 1 aromatic carbocycles. The zero-order valence-corrected chi connectivity index (χ0v) is 13.0. The van der Waals surface area contributed by atoms with Crippen LogP contribution in [0.3, 0.4) is 0 Å². The quantitative estimate of drug-likeness (QED) is 0.398. The van der Waals surface area contributed by atoms with Crippen molar-refractivity contribution in [3.63, 3.8) is 0 Å². The molecule has 1 atom stereocenters. The minimum Gasteiger partial charge on any atom is -0.448 e. The molecule has 0 amide bonds. The Morgan fingerprint density at radius 1 is 1.00 bits per heavy atom. The Morgan fingerprint density at radius 3 is 2.41 bits per heavy atom. The largest absolute Gasteiger partial charge is 0.448 e. The minimum atomic E-state index is -1.28. The Labute approximate surface area is 130 Å². The number of rotatable bonds is 9. The molecule has 118 valence electrons. The van der Waals surface area contributed by atoms with Crippen LogP contribution in [0.25, 0.3) is 0 Å². The van der Waals surface area contributed by atoms with Crippen LogP contribution in [0.5, 0.6) is 0 Å². The SMILES string of the molecule is CCCCCCCCc1ccc2c(c1)C(=O)C(OC=O)C2=O. The highest BCUT2D eigenvalue weighted by Crippen LogP contribution is 2.26. The number of unbranched alkanes of at least 4 members (excludes halogenated alkanes) is 5. The molecule has 22 heavy (non-hydrogen) atoms. The highest BCUT2D eigenvalue weighted by atomic mass is 16.5. The summed E-state index contributed by atoms with van der Waals surface area (Å²) in [5.41, 5.74) is 1.81. The second-order valence-electron chi connectivity index (χ2n) is 5.74. The summed E-state index contributed by atoms with van der Waals surface area (Å²) in [6.07, 6.45) is 6.93. The summed E-state index contributed by atoms with van der Waals surface area (Å²) in [6.45, 7) is 2.36. The van der Waals surface area contributed by atoms with Crippen LogP contribution < -0.4 is 0 Å². The van der Waals surface area contributed by atoms with Gasteiger partial charge in [0.2, 0.25) is 17.7 Å². The summed E-state index contributed by atoms with van der Waals surface area (Å²) in [4.78, 5) is 34.4. The maximum Gasteiger partial charge on any atom is 0.294 e. The van der Waals surface area contributed by atoms with Crippen molar-refractivity contribution in [1.82, 2.24) is 0 Å². The molecule has 4 nitrogen and oxygen atoms in total. The van der Waals surface area contributed by atoms with Gasteiger partial charge in [-0.1, -0.05) is 51.2 Å². The van der Waals surface area contributed by atoms with Crippen molar-refractivity contribution < 1.29 is 19.1 Å². The molecular formula is C18H22O4. The zero-order chi connectivity index (χ0) is 15.9. The van der Waals surface area contributed by atoms with E-state index in [2.05, 4.69) is 11.7 Å². The molecule has 1 unspecified atom stereocenters. The second-order valence-corrected chi connectivity index (χ2v) is 5.74. The van der Waals surface area contributed by atoms with E-state index in [1.165, 1.54) is 32.1 Å². The van der Waals surface area contributed by atoms with Crippen LogP contribution >= 0.6 is 0 Å². The molecule has 1 aliphatic carbocycles. The number of ketones is 2. The van der Waals surface area contributed by atoms with Crippen molar-refractivity contribution in [2.24, 2.45) is 0 Å². The van der Waals surface area contributed by atoms with E-state index in [1.54, 1.807) is 12.1 Å². The third kappa shape index (κ3) is 3.62. The number of ether oxygens (including phenoxy) is 1. The molecule has 0 aliphatic heterocycles. The van der Waals surface area contributed by atoms with E-state index in [-0.39, 0.29) is 6.47 Å². The van der Waals surface area contributed by atoms with Crippen LogP contribution in [-0.4, -0.2) is 24.1 Å². The predicted octanol–water partition coefficient (Wildman–Crippen LogP) is 3.51. The highest BCUT2D eigenvalue weighted by Gasteiger charge is 2.40. The Balaban J connectivity index is 1.94. The molecule has 0 saturated heterocycles. The lowest BCUT2D eigenvalue weighted by atomic mass is 10.0. The molecule has 0 radical (unpaired) electrons. The molecule has 0 bridgehead atoms. The van der Waals surface area contributed by atoms with Crippen LogP contribution in [0, 0.1) is 0 Å². The number of carbonyl (C=O) groups excluding carboxylic acids is 3. The Bertz CT molecular complexity index is 562. The number of fused-ring (bicyclic) bond motifs is 1. The van der Waals surface area contributed by atoms with Gasteiger partial charge in [-0.25, -0.2) is 0 Å². The van der Waals surface area contributed by atoms with Crippen molar-refractivity contribution in [1.29, 1.82) is 0 Å². The lowest BCUT2D eigenvalue weighted by Crippen LogP contribution is -2.25. The van der Waals surface area contributed by atoms with Crippen molar-refractivity contribution in [3.8, 4) is 0 Å². The first-order valence-electron chi connectivity index (χ1n) is 7.99. The van der Waals surface area contributed by atoms with E-state index in [0.29, 0.717) is 11.1 Å². The minimum absolute atomic E-state index is 0.156. The van der Waals surface area contributed by atoms with E-state index < -0.39 is 17.7 Å². The number of hydrogen-bond donors (Lipinski definition) is 0. The molecule has 0 spiro atoms. The molecule has 0 saturated carbocycles. The van der Waals surface area contributed by atoms with Gasteiger partial charge in [-0.05, 0) is 24.5 Å². The van der Waals surface area contributed by atoms with Gasteiger partial charge in [0.05, 0.1) is 0 Å². The van der Waals surface area contributed by atoms with Crippen molar-refractivity contribution in [2.75, 3.05) is 0 Å². The third-order valence-electron chi connectivity index (χ3n) is 4.10. The number of benzene rings is 1. The van der Waals surface area contributed by atoms with Gasteiger partial charge in [-0.3, -0.25) is 14.4 Å². The number of Topliss-reactive ketones (excluding diaryl/α,β-unsaturated/α-hetero) is 2. The van der Waals surface area contributed by atoms with E-state index in [0.717, 1.165) is 18.4 Å². The first kappa shape index (κ1) is 16.4. The Hall–Kier alpha value is -1.97. The van der Waals surface area contributed by atoms with Crippen LogP contribution in [0.4, 0.5) is 0 Å². The predicted molar refractivity (Wildman–Crippen MR) is 83.1 cm³/mol. The van der Waals surface area contributed by atoms with Gasteiger partial charge in [0.15, 0.2) is 0 Å². The number of hydrogen-bond acceptors (Lipinski definition) is 4. The molecular weight excluding hydrogens is 280 g/mol. The summed E-state index contributed by atoms with van der Waals surface area (Å²) in [5.74, 6) is -0.824. The summed E-state index contributed by atoms with van der Waals surface area (Å²) < 4.78 is 4.61. The number of carbonyl (C=O) groups is 3. The van der Waals surface area contributed by atoms with E-state index in [4.69, 9.17) is 0 Å². The van der Waals surface area contributed by atoms with Crippen LogP contribution in [-0.2, 0) is 16.0 Å². The van der Waals surface area contributed by atoms with Gasteiger partial charge in [0.25, 0.3) is 6.47 Å². The normalized spacial score (nSPS) is 16.7. The van der Waals surface area contributed by atoms with E-state index >= 15 is 0 Å². The summed E-state index contributed by atoms with van der Waals surface area (Å²) in [5, 5.41) is 0. The van der Waals surface area contributed by atoms with Gasteiger partial charge >= 0.3 is 0 Å². The maximum absolute atomic E-state index is 12.1. The molecule has 0 fully saturated rings. The molecule has 1 aromatic rings. The monoisotopic (exact) mass is 302 g/mol. The summed E-state index contributed by atoms with van der Waals surface area (Å²) in [7, 11) is 0. The maximum atomic E-state index is 12.1. The van der Waals surface area contributed by atoms with Crippen LogP contribution in [0.1, 0.15) is 71.7 Å².